The molecule has 18 N–H and O–H groups in total. The first-order chi connectivity index (χ1) is 33.0. The molecule has 0 unspecified atom stereocenters. The molecule has 30 atom stereocenters. The highest BCUT2D eigenvalue weighted by atomic mass is 16.8. The maximum absolute atomic E-state index is 11.6. The van der Waals surface area contributed by atoms with E-state index < -0.39 is 224 Å². The van der Waals surface area contributed by atoms with E-state index in [1.54, 1.807) is 6.92 Å². The third-order valence-electron chi connectivity index (χ3n) is 13.0. The van der Waals surface area contributed by atoms with Gasteiger partial charge in [0, 0.05) is 6.54 Å². The van der Waals surface area contributed by atoms with Crippen LogP contribution in [0.1, 0.15) is 6.92 Å². The van der Waals surface area contributed by atoms with E-state index in [0.717, 1.165) is 0 Å². The Morgan fingerprint density at radius 1 is 0.290 bits per heavy atom. The molecule has 0 amide bonds. The molecule has 0 aromatic rings. The summed E-state index contributed by atoms with van der Waals surface area (Å²) in [7, 11) is 0. The fourth-order valence-corrected chi connectivity index (χ4v) is 9.23. The van der Waals surface area contributed by atoms with Gasteiger partial charge in [0.05, 0.1) is 39.6 Å². The Labute approximate surface area is 391 Å². The van der Waals surface area contributed by atoms with Crippen LogP contribution in [0.5, 0.6) is 0 Å². The zero-order chi connectivity index (χ0) is 50.2. The first-order valence-electron chi connectivity index (χ1n) is 22.3. The molecule has 0 saturated carbocycles. The first-order valence-corrected chi connectivity index (χ1v) is 22.3. The molecule has 22 heterocycles. The first kappa shape index (κ1) is 55.5. The van der Waals surface area contributed by atoms with Gasteiger partial charge in [-0.3, -0.25) is 4.84 Å². The van der Waals surface area contributed by atoms with Crippen molar-refractivity contribution in [3.63, 3.8) is 0 Å². The molecule has 0 aromatic carbocycles. The van der Waals surface area contributed by atoms with Gasteiger partial charge >= 0.3 is 0 Å². The van der Waals surface area contributed by atoms with Gasteiger partial charge in [0.15, 0.2) is 37.7 Å². The quantitative estimate of drug-likeness (QED) is 0.0954. The van der Waals surface area contributed by atoms with Crippen molar-refractivity contribution in [3.8, 4) is 0 Å². The molecule has 69 heavy (non-hydrogen) atoms. The summed E-state index contributed by atoms with van der Waals surface area (Å²) in [5.41, 5.74) is 2.51. The van der Waals surface area contributed by atoms with E-state index in [1.165, 1.54) is 0 Å². The largest absolute Gasteiger partial charge is 0.394 e. The lowest BCUT2D eigenvalue weighted by Crippen LogP contribution is -2.69. The second-order valence-corrected chi connectivity index (χ2v) is 17.4. The van der Waals surface area contributed by atoms with Gasteiger partial charge in [-0.25, -0.2) is 5.48 Å². The van der Waals surface area contributed by atoms with E-state index in [-0.39, 0.29) is 6.54 Å². The van der Waals surface area contributed by atoms with Crippen LogP contribution >= 0.6 is 0 Å². The van der Waals surface area contributed by atoms with E-state index in [4.69, 9.17) is 61.7 Å². The lowest BCUT2D eigenvalue weighted by molar-refractivity contribution is -0.406. The van der Waals surface area contributed by atoms with Crippen LogP contribution in [-0.4, -0.2) is 317 Å². The number of ether oxygens (including phenoxy) is 12. The Morgan fingerprint density at radius 3 is 0.710 bits per heavy atom. The highest BCUT2D eigenvalue weighted by molar-refractivity contribution is 5.01. The van der Waals surface area contributed by atoms with Crippen LogP contribution in [0.4, 0.5) is 0 Å². The number of rotatable bonds is 9. The number of hydrogen-bond acceptors (Lipinski definition) is 31. The predicted octanol–water partition coefficient (Wildman–Crippen LogP) is -12.5. The molecule has 31 nitrogen and oxygen atoms in total. The smallest absolute Gasteiger partial charge is 0.187 e. The summed E-state index contributed by atoms with van der Waals surface area (Å²) in [4.78, 5) is 5.65. The topological polar surface area (TPSA) is 476 Å². The molecule has 22 saturated heterocycles. The molecule has 22 fully saturated rings. The van der Waals surface area contributed by atoms with Crippen molar-refractivity contribution in [2.45, 2.75) is 191 Å². The molecule has 0 spiro atoms. The van der Waals surface area contributed by atoms with Crippen LogP contribution in [0.15, 0.2) is 0 Å². The Balaban J connectivity index is 1.21. The minimum atomic E-state index is -2.14. The van der Waals surface area contributed by atoms with Crippen LogP contribution < -0.4 is 5.48 Å². The summed E-state index contributed by atoms with van der Waals surface area (Å²) < 4.78 is 69.0. The highest BCUT2D eigenvalue weighted by Gasteiger charge is 2.59. The van der Waals surface area contributed by atoms with Crippen molar-refractivity contribution < 1.29 is 148 Å². The van der Waals surface area contributed by atoms with Crippen molar-refractivity contribution in [1.82, 2.24) is 5.48 Å². The summed E-state index contributed by atoms with van der Waals surface area (Å²) in [6.07, 6.45) is -57.1. The summed E-state index contributed by atoms with van der Waals surface area (Å²) in [5.74, 6) is 0. The van der Waals surface area contributed by atoms with Gasteiger partial charge < -0.3 is 144 Å². The second-order valence-electron chi connectivity index (χ2n) is 17.4. The normalized spacial score (nSPS) is 53.5. The molecule has 22 rings (SSSR count). The molecule has 12 bridgehead atoms. The third-order valence-corrected chi connectivity index (χ3v) is 13.0. The minimum absolute atomic E-state index is 0.106. The molecule has 22 aliphatic rings. The second kappa shape index (κ2) is 24.0. The maximum atomic E-state index is 11.6. The summed E-state index contributed by atoms with van der Waals surface area (Å²) >= 11 is 0. The van der Waals surface area contributed by atoms with Gasteiger partial charge in [-0.05, 0) is 0 Å². The molecule has 0 aliphatic carbocycles. The SMILES string of the molecule is CCNO[C@@H]1[C@@H](O)[C@H]2O[C@H]3[C@H](O)[C@@H](O)[C@@H](O[C@H]4[C@H](O)[C@@H](O)[C@@H](O[C@H]5[C@H](O)[C@@H](O)[C@@H](O[C@H]6[C@H](O)[C@@H](O)[C@@H](O[C@H]7[C@H](O)[C@@H](O)[C@@H](O[C@H]1[C@@H](CO)O2)O[C@@H]7CO)O[C@@H]6CO)O[C@@H]5CO)O[C@@H]4CO)O[C@@H]3CO. The molecule has 22 aliphatic heterocycles. The Kier molecular flexibility index (Phi) is 19.3. The van der Waals surface area contributed by atoms with Crippen molar-refractivity contribution >= 4 is 0 Å². The predicted molar refractivity (Wildman–Crippen MR) is 208 cm³/mol. The van der Waals surface area contributed by atoms with Crippen LogP contribution in [0, 0.1) is 0 Å². The Morgan fingerprint density at radius 2 is 0.493 bits per heavy atom. The van der Waals surface area contributed by atoms with Crippen molar-refractivity contribution in [2.75, 3.05) is 46.2 Å². The number of aliphatic hydroxyl groups is 17. The van der Waals surface area contributed by atoms with Crippen LogP contribution in [0.25, 0.3) is 0 Å². The molecular formula is C38H65NO30. The van der Waals surface area contributed by atoms with E-state index in [2.05, 4.69) is 5.48 Å². The summed E-state index contributed by atoms with van der Waals surface area (Å²) in [5, 5.41) is 187. The van der Waals surface area contributed by atoms with Crippen LogP contribution in [0.3, 0.4) is 0 Å². The molecule has 31 heteroatoms. The Bertz CT molecular complexity index is 1570. The average molecular weight is 1020 g/mol. The van der Waals surface area contributed by atoms with Crippen LogP contribution in [-0.2, 0) is 61.7 Å². The zero-order valence-electron chi connectivity index (χ0n) is 36.7. The van der Waals surface area contributed by atoms with Gasteiger partial charge in [0.25, 0.3) is 0 Å². The number of hydrogen-bond donors (Lipinski definition) is 18. The lowest BCUT2D eigenvalue weighted by atomic mass is 9.94. The van der Waals surface area contributed by atoms with E-state index in [0.29, 0.717) is 0 Å². The van der Waals surface area contributed by atoms with E-state index >= 15 is 0 Å². The van der Waals surface area contributed by atoms with Gasteiger partial charge in [-0.1, -0.05) is 6.92 Å². The monoisotopic (exact) mass is 1020 g/mol. The van der Waals surface area contributed by atoms with Gasteiger partial charge in [-0.15, -0.1) is 0 Å². The van der Waals surface area contributed by atoms with Gasteiger partial charge in [0.1, 0.15) is 146 Å². The zero-order valence-corrected chi connectivity index (χ0v) is 36.7. The van der Waals surface area contributed by atoms with Crippen molar-refractivity contribution in [1.29, 1.82) is 0 Å². The number of aliphatic hydroxyl groups excluding tert-OH is 17. The minimum Gasteiger partial charge on any atom is -0.394 e. The van der Waals surface area contributed by atoms with Gasteiger partial charge in [-0.2, -0.15) is 0 Å². The van der Waals surface area contributed by atoms with Gasteiger partial charge in [0.2, 0.25) is 0 Å². The average Bonchev–Trinajstić information content (AvgIpc) is 3.34. The fraction of sp³-hybridized carbons (Fsp3) is 1.00. The molecular weight excluding hydrogens is 950 g/mol. The maximum Gasteiger partial charge on any atom is 0.187 e. The van der Waals surface area contributed by atoms with Crippen molar-refractivity contribution in [2.24, 2.45) is 0 Å². The Hall–Kier alpha value is -1.24. The molecule has 0 aromatic heterocycles. The third kappa shape index (κ3) is 11.1. The summed E-state index contributed by atoms with van der Waals surface area (Å²) in [6.45, 7) is -4.16. The van der Waals surface area contributed by atoms with E-state index in [1.807, 2.05) is 0 Å². The standard InChI is InChI=1S/C38H65NO30/c1-2-39-69-32-25(56)38-62-14(8-45)31(32)68-37-24(55)19(50)29(12(6-43)61-37)66-35-22(53)17(48)27(10(4-41)59-35)64-33-20(51)15(46)26(9(3-40)57-33)63-34-21(52)16(47)28(11(5-42)58-34)65-36-23(54)18(49)30(67-38)13(7-44)60-36/h9-56H,2-8H2,1H3/t9-,10-,11-,12-,13-,14-,15-,16-,17-,18-,19-,20-,21-,22-,23-,24-,25-,26-,27-,28-,29-,30-,31+,32-,33-,34-,35-,36-,37-,38-/m1/s1. The number of nitrogens with one attached hydrogen (secondary N) is 1. The van der Waals surface area contributed by atoms with Crippen LogP contribution in [0.2, 0.25) is 0 Å². The molecule has 402 valence electrons. The number of hydroxylamine groups is 1. The van der Waals surface area contributed by atoms with Crippen molar-refractivity contribution in [3.05, 3.63) is 0 Å². The lowest BCUT2D eigenvalue weighted by Gasteiger charge is -2.51. The van der Waals surface area contributed by atoms with E-state index in [9.17, 15) is 86.8 Å². The summed E-state index contributed by atoms with van der Waals surface area (Å²) in [6, 6.07) is 0. The molecule has 0 radical (unpaired) electrons. The highest BCUT2D eigenvalue weighted by Crippen LogP contribution is 2.38. The fourth-order valence-electron chi connectivity index (χ4n) is 9.23.